The normalized spacial score (nSPS) is 18.1. The predicted molar refractivity (Wildman–Crippen MR) is 90.9 cm³/mol. The second-order valence-corrected chi connectivity index (χ2v) is 6.29. The Kier molecular flexibility index (Phi) is 6.06. The van der Waals surface area contributed by atoms with E-state index in [9.17, 15) is 9.59 Å². The number of primary amides is 1. The summed E-state index contributed by atoms with van der Waals surface area (Å²) in [6.45, 7) is 1.65. The first-order chi connectivity index (χ1) is 11.5. The standard InChI is InChI=1S/C18H26N2O4/c1-13(24-15-9-7-8-14(12-15)23-2)16(21)20-18(17(19)22)10-5-3-4-6-11-18/h7-9,12-13H,3-6,10-11H2,1-2H3,(H2,19,22)(H,20,21)/t13-/m1/s1. The van der Waals surface area contributed by atoms with E-state index >= 15 is 0 Å². The third-order valence-electron chi connectivity index (χ3n) is 4.51. The van der Waals surface area contributed by atoms with Gasteiger partial charge >= 0.3 is 0 Å². The number of nitrogens with two attached hydrogens (primary N) is 1. The van der Waals surface area contributed by atoms with Crippen molar-refractivity contribution in [3.8, 4) is 11.5 Å². The van der Waals surface area contributed by atoms with E-state index in [1.807, 2.05) is 0 Å². The lowest BCUT2D eigenvalue weighted by molar-refractivity contribution is -0.135. The molecule has 6 nitrogen and oxygen atoms in total. The molecule has 3 N–H and O–H groups in total. The van der Waals surface area contributed by atoms with Crippen LogP contribution in [0.4, 0.5) is 0 Å². The van der Waals surface area contributed by atoms with Crippen LogP contribution in [0.1, 0.15) is 45.4 Å². The number of amides is 2. The molecule has 2 amide bonds. The first-order valence-electron chi connectivity index (χ1n) is 8.39. The van der Waals surface area contributed by atoms with Crippen molar-refractivity contribution in [3.63, 3.8) is 0 Å². The molecule has 1 aromatic rings. The largest absolute Gasteiger partial charge is 0.497 e. The Morgan fingerprint density at radius 3 is 2.38 bits per heavy atom. The number of carbonyl (C=O) groups excluding carboxylic acids is 2. The molecule has 0 aromatic heterocycles. The van der Waals surface area contributed by atoms with Crippen molar-refractivity contribution in [1.82, 2.24) is 5.32 Å². The number of methoxy groups -OCH3 is 1. The van der Waals surface area contributed by atoms with Crippen molar-refractivity contribution in [1.29, 1.82) is 0 Å². The van der Waals surface area contributed by atoms with Crippen LogP contribution >= 0.6 is 0 Å². The molecule has 6 heteroatoms. The highest BCUT2D eigenvalue weighted by Gasteiger charge is 2.39. The van der Waals surface area contributed by atoms with Crippen molar-refractivity contribution in [3.05, 3.63) is 24.3 Å². The van der Waals surface area contributed by atoms with E-state index < -0.39 is 17.6 Å². The summed E-state index contributed by atoms with van der Waals surface area (Å²) in [5.41, 5.74) is 4.64. The fraction of sp³-hybridized carbons (Fsp3) is 0.556. The molecule has 1 aromatic carbocycles. The van der Waals surface area contributed by atoms with Crippen molar-refractivity contribution in [2.45, 2.75) is 57.1 Å². The van der Waals surface area contributed by atoms with Crippen LogP contribution in [0.3, 0.4) is 0 Å². The highest BCUT2D eigenvalue weighted by molar-refractivity contribution is 5.91. The fourth-order valence-electron chi connectivity index (χ4n) is 3.03. The van der Waals surface area contributed by atoms with E-state index in [4.69, 9.17) is 15.2 Å². The Bertz CT molecular complexity index is 580. The van der Waals surface area contributed by atoms with Gasteiger partial charge in [0.25, 0.3) is 5.91 Å². The van der Waals surface area contributed by atoms with E-state index in [2.05, 4.69) is 5.32 Å². The number of hydrogen-bond donors (Lipinski definition) is 2. The van der Waals surface area contributed by atoms with Gasteiger partial charge in [0.15, 0.2) is 6.10 Å². The Balaban J connectivity index is 2.04. The summed E-state index contributed by atoms with van der Waals surface area (Å²) in [4.78, 5) is 24.5. The summed E-state index contributed by atoms with van der Waals surface area (Å²) in [5, 5.41) is 2.85. The summed E-state index contributed by atoms with van der Waals surface area (Å²) in [7, 11) is 1.57. The van der Waals surface area contributed by atoms with Crippen LogP contribution < -0.4 is 20.5 Å². The van der Waals surface area contributed by atoms with Gasteiger partial charge < -0.3 is 20.5 Å². The maximum absolute atomic E-state index is 12.5. The van der Waals surface area contributed by atoms with Gasteiger partial charge in [0, 0.05) is 6.07 Å². The molecule has 1 saturated carbocycles. The summed E-state index contributed by atoms with van der Waals surface area (Å²) >= 11 is 0. The minimum Gasteiger partial charge on any atom is -0.497 e. The molecule has 0 bridgehead atoms. The molecule has 132 valence electrons. The van der Waals surface area contributed by atoms with Gasteiger partial charge in [0.2, 0.25) is 5.91 Å². The Labute approximate surface area is 142 Å². The average Bonchev–Trinajstić information content (AvgIpc) is 2.81. The molecule has 1 aliphatic rings. The highest BCUT2D eigenvalue weighted by atomic mass is 16.5. The lowest BCUT2D eigenvalue weighted by Crippen LogP contribution is -2.59. The minimum atomic E-state index is -0.959. The fourth-order valence-corrected chi connectivity index (χ4v) is 3.03. The van der Waals surface area contributed by atoms with Gasteiger partial charge in [0.05, 0.1) is 7.11 Å². The number of hydrogen-bond acceptors (Lipinski definition) is 4. The van der Waals surface area contributed by atoms with Gasteiger partial charge in [-0.05, 0) is 31.9 Å². The van der Waals surface area contributed by atoms with E-state index in [-0.39, 0.29) is 5.91 Å². The molecule has 1 aliphatic carbocycles. The molecule has 1 fully saturated rings. The molecular formula is C18H26N2O4. The number of rotatable bonds is 6. The quantitative estimate of drug-likeness (QED) is 0.780. The first kappa shape index (κ1) is 18.1. The number of nitrogens with one attached hydrogen (secondary N) is 1. The zero-order valence-electron chi connectivity index (χ0n) is 14.3. The molecular weight excluding hydrogens is 308 g/mol. The third-order valence-corrected chi connectivity index (χ3v) is 4.51. The lowest BCUT2D eigenvalue weighted by atomic mass is 9.89. The van der Waals surface area contributed by atoms with E-state index in [0.29, 0.717) is 24.3 Å². The smallest absolute Gasteiger partial charge is 0.261 e. The molecule has 0 aliphatic heterocycles. The maximum atomic E-state index is 12.5. The summed E-state index contributed by atoms with van der Waals surface area (Å²) in [5.74, 6) is 0.383. The average molecular weight is 334 g/mol. The Morgan fingerprint density at radius 1 is 1.17 bits per heavy atom. The molecule has 0 spiro atoms. The maximum Gasteiger partial charge on any atom is 0.261 e. The molecule has 0 radical (unpaired) electrons. The van der Waals surface area contributed by atoms with E-state index in [1.165, 1.54) is 0 Å². The lowest BCUT2D eigenvalue weighted by Gasteiger charge is -2.31. The molecule has 2 rings (SSSR count). The Morgan fingerprint density at radius 2 is 1.79 bits per heavy atom. The topological polar surface area (TPSA) is 90.7 Å². The van der Waals surface area contributed by atoms with Gasteiger partial charge in [-0.3, -0.25) is 9.59 Å². The van der Waals surface area contributed by atoms with Crippen molar-refractivity contribution < 1.29 is 19.1 Å². The molecule has 0 heterocycles. The molecule has 1 atom stereocenters. The first-order valence-corrected chi connectivity index (χ1v) is 8.39. The van der Waals surface area contributed by atoms with Crippen molar-refractivity contribution >= 4 is 11.8 Å². The second kappa shape index (κ2) is 8.04. The number of ether oxygens (including phenoxy) is 2. The van der Waals surface area contributed by atoms with Crippen LogP contribution in [0, 0.1) is 0 Å². The van der Waals surface area contributed by atoms with Gasteiger partial charge in [-0.1, -0.05) is 31.7 Å². The van der Waals surface area contributed by atoms with E-state index in [1.54, 1.807) is 38.3 Å². The highest BCUT2D eigenvalue weighted by Crippen LogP contribution is 2.27. The van der Waals surface area contributed by atoms with Crippen LogP contribution in [0.25, 0.3) is 0 Å². The van der Waals surface area contributed by atoms with Gasteiger partial charge in [-0.15, -0.1) is 0 Å². The van der Waals surface area contributed by atoms with Gasteiger partial charge in [0.1, 0.15) is 17.0 Å². The molecule has 24 heavy (non-hydrogen) atoms. The molecule has 0 unspecified atom stereocenters. The number of benzene rings is 1. The summed E-state index contributed by atoms with van der Waals surface area (Å²) in [6, 6.07) is 7.04. The third kappa shape index (κ3) is 4.40. The zero-order chi connectivity index (χ0) is 17.6. The van der Waals surface area contributed by atoms with Crippen LogP contribution in [0.15, 0.2) is 24.3 Å². The van der Waals surface area contributed by atoms with Crippen LogP contribution in [-0.4, -0.2) is 30.6 Å². The van der Waals surface area contributed by atoms with Crippen molar-refractivity contribution in [2.75, 3.05) is 7.11 Å². The molecule has 0 saturated heterocycles. The predicted octanol–water partition coefficient (Wildman–Crippen LogP) is 2.16. The van der Waals surface area contributed by atoms with Crippen molar-refractivity contribution in [2.24, 2.45) is 5.73 Å². The van der Waals surface area contributed by atoms with Gasteiger partial charge in [-0.25, -0.2) is 0 Å². The zero-order valence-corrected chi connectivity index (χ0v) is 14.3. The summed E-state index contributed by atoms with van der Waals surface area (Å²) in [6.07, 6.45) is 4.31. The summed E-state index contributed by atoms with van der Waals surface area (Å²) < 4.78 is 10.8. The van der Waals surface area contributed by atoms with Crippen LogP contribution in [0.5, 0.6) is 11.5 Å². The SMILES string of the molecule is COc1cccc(O[C@H](C)C(=O)NC2(C(N)=O)CCCCCC2)c1. The minimum absolute atomic E-state index is 0.335. The monoisotopic (exact) mass is 334 g/mol. The number of carbonyl (C=O) groups is 2. The van der Waals surface area contributed by atoms with E-state index in [0.717, 1.165) is 25.7 Å². The second-order valence-electron chi connectivity index (χ2n) is 6.29. The van der Waals surface area contributed by atoms with Crippen LogP contribution in [0.2, 0.25) is 0 Å². The van der Waals surface area contributed by atoms with Gasteiger partial charge in [-0.2, -0.15) is 0 Å². The Hall–Kier alpha value is -2.24. The van der Waals surface area contributed by atoms with Crippen LogP contribution in [-0.2, 0) is 9.59 Å².